The van der Waals surface area contributed by atoms with E-state index in [4.69, 9.17) is 5.73 Å². The highest BCUT2D eigenvalue weighted by atomic mass is 19.1. The molecule has 1 fully saturated rings. The molecule has 1 aromatic carbocycles. The molecule has 2 N–H and O–H groups in total. The van der Waals surface area contributed by atoms with Crippen LogP contribution in [0.3, 0.4) is 0 Å². The van der Waals surface area contributed by atoms with Crippen molar-refractivity contribution in [2.45, 2.75) is 38.6 Å². The van der Waals surface area contributed by atoms with Crippen LogP contribution < -0.4 is 5.73 Å². The predicted molar refractivity (Wildman–Crippen MR) is 64.4 cm³/mol. The first kappa shape index (κ1) is 12.5. The van der Waals surface area contributed by atoms with Crippen LogP contribution in [-0.4, -0.2) is 0 Å². The summed E-state index contributed by atoms with van der Waals surface area (Å²) in [5.74, 6) is -0.0724. The molecule has 94 valence electrons. The van der Waals surface area contributed by atoms with Gasteiger partial charge in [0, 0.05) is 12.1 Å². The van der Waals surface area contributed by atoms with Gasteiger partial charge in [-0.1, -0.05) is 19.8 Å². The highest BCUT2D eigenvalue weighted by molar-refractivity contribution is 5.22. The standard InChI is InChI=1S/C14H19F2N/c1-9-3-2-4-10(5-9)14(17)11-6-12(15)8-13(16)7-11/h6-10,14H,2-5,17H2,1H3. The van der Waals surface area contributed by atoms with Gasteiger partial charge >= 0.3 is 0 Å². The van der Waals surface area contributed by atoms with Gasteiger partial charge in [0.15, 0.2) is 0 Å². The summed E-state index contributed by atoms with van der Waals surface area (Å²) in [6.45, 7) is 2.21. The Bertz CT molecular complexity index is 372. The summed E-state index contributed by atoms with van der Waals surface area (Å²) in [4.78, 5) is 0. The van der Waals surface area contributed by atoms with Gasteiger partial charge in [0.05, 0.1) is 0 Å². The van der Waals surface area contributed by atoms with Crippen molar-refractivity contribution in [3.05, 3.63) is 35.4 Å². The van der Waals surface area contributed by atoms with Gasteiger partial charge in [0.2, 0.25) is 0 Å². The van der Waals surface area contributed by atoms with Crippen molar-refractivity contribution in [1.29, 1.82) is 0 Å². The lowest BCUT2D eigenvalue weighted by Crippen LogP contribution is -2.26. The summed E-state index contributed by atoms with van der Waals surface area (Å²) in [5.41, 5.74) is 6.72. The SMILES string of the molecule is CC1CCCC(C(N)c2cc(F)cc(F)c2)C1. The van der Waals surface area contributed by atoms with E-state index in [0.29, 0.717) is 17.4 Å². The zero-order valence-electron chi connectivity index (χ0n) is 10.1. The second-order valence-electron chi connectivity index (χ2n) is 5.26. The number of rotatable bonds is 2. The second-order valence-corrected chi connectivity index (χ2v) is 5.26. The molecule has 3 heteroatoms. The Balaban J connectivity index is 2.15. The van der Waals surface area contributed by atoms with Gasteiger partial charge in [-0.15, -0.1) is 0 Å². The second kappa shape index (κ2) is 5.13. The smallest absolute Gasteiger partial charge is 0.126 e. The summed E-state index contributed by atoms with van der Waals surface area (Å²) in [6, 6.07) is 3.35. The van der Waals surface area contributed by atoms with Crippen LogP contribution in [0.5, 0.6) is 0 Å². The van der Waals surface area contributed by atoms with Gasteiger partial charge < -0.3 is 5.73 Å². The Morgan fingerprint density at radius 2 is 1.82 bits per heavy atom. The van der Waals surface area contributed by atoms with Crippen LogP contribution in [0.1, 0.15) is 44.2 Å². The molecule has 0 aliphatic heterocycles. The molecule has 3 unspecified atom stereocenters. The lowest BCUT2D eigenvalue weighted by Gasteiger charge is -2.31. The molecule has 0 amide bonds. The van der Waals surface area contributed by atoms with Crippen LogP contribution in [0.2, 0.25) is 0 Å². The first-order valence-corrected chi connectivity index (χ1v) is 6.28. The van der Waals surface area contributed by atoms with Crippen molar-refractivity contribution >= 4 is 0 Å². The Kier molecular flexibility index (Phi) is 3.77. The molecule has 1 aliphatic carbocycles. The molecule has 1 nitrogen and oxygen atoms in total. The fourth-order valence-electron chi connectivity index (χ4n) is 2.85. The van der Waals surface area contributed by atoms with Crippen molar-refractivity contribution in [3.8, 4) is 0 Å². The molecule has 1 saturated carbocycles. The Hall–Kier alpha value is -0.960. The summed E-state index contributed by atoms with van der Waals surface area (Å²) in [7, 11) is 0. The van der Waals surface area contributed by atoms with Crippen molar-refractivity contribution in [3.63, 3.8) is 0 Å². The van der Waals surface area contributed by atoms with E-state index in [1.807, 2.05) is 0 Å². The van der Waals surface area contributed by atoms with Gasteiger partial charge in [-0.05, 0) is 42.4 Å². The molecule has 0 saturated heterocycles. The van der Waals surface area contributed by atoms with Crippen LogP contribution >= 0.6 is 0 Å². The van der Waals surface area contributed by atoms with Crippen LogP contribution in [0, 0.1) is 23.5 Å². The maximum atomic E-state index is 13.1. The molecule has 0 radical (unpaired) electrons. The van der Waals surface area contributed by atoms with Crippen LogP contribution in [0.4, 0.5) is 8.78 Å². The van der Waals surface area contributed by atoms with E-state index in [1.165, 1.54) is 18.6 Å². The predicted octanol–water partition coefficient (Wildman–Crippen LogP) is 3.79. The third-order valence-electron chi connectivity index (χ3n) is 3.75. The monoisotopic (exact) mass is 239 g/mol. The summed E-state index contributed by atoms with van der Waals surface area (Å²) < 4.78 is 26.3. The first-order valence-electron chi connectivity index (χ1n) is 6.28. The third kappa shape index (κ3) is 3.03. The summed E-state index contributed by atoms with van der Waals surface area (Å²) >= 11 is 0. The molecule has 0 bridgehead atoms. The highest BCUT2D eigenvalue weighted by Crippen LogP contribution is 2.36. The Morgan fingerprint density at radius 1 is 1.18 bits per heavy atom. The number of benzene rings is 1. The molecular formula is C14H19F2N. The van der Waals surface area contributed by atoms with Gasteiger partial charge in [0.25, 0.3) is 0 Å². The maximum absolute atomic E-state index is 13.1. The van der Waals surface area contributed by atoms with Crippen LogP contribution in [-0.2, 0) is 0 Å². The molecule has 3 atom stereocenters. The van der Waals surface area contributed by atoms with E-state index in [9.17, 15) is 8.78 Å². The Labute approximate surface area is 101 Å². The fraction of sp³-hybridized carbons (Fsp3) is 0.571. The topological polar surface area (TPSA) is 26.0 Å². The molecule has 0 heterocycles. The van der Waals surface area contributed by atoms with Crippen molar-refractivity contribution in [2.24, 2.45) is 17.6 Å². The van der Waals surface area contributed by atoms with E-state index in [1.54, 1.807) is 0 Å². The minimum Gasteiger partial charge on any atom is -0.324 e. The Morgan fingerprint density at radius 3 is 2.41 bits per heavy atom. The van der Waals surface area contributed by atoms with E-state index in [0.717, 1.165) is 25.3 Å². The number of halogens is 2. The van der Waals surface area contributed by atoms with Gasteiger partial charge in [-0.25, -0.2) is 8.78 Å². The minimum absolute atomic E-state index is 0.247. The normalized spacial score (nSPS) is 26.8. The molecule has 1 aliphatic rings. The first-order chi connectivity index (χ1) is 8.06. The zero-order chi connectivity index (χ0) is 12.4. The van der Waals surface area contributed by atoms with E-state index in [-0.39, 0.29) is 6.04 Å². The molecule has 0 spiro atoms. The largest absolute Gasteiger partial charge is 0.324 e. The lowest BCUT2D eigenvalue weighted by atomic mass is 9.77. The quantitative estimate of drug-likeness (QED) is 0.834. The molecule has 2 rings (SSSR count). The zero-order valence-corrected chi connectivity index (χ0v) is 10.1. The van der Waals surface area contributed by atoms with E-state index >= 15 is 0 Å². The number of hydrogen-bond acceptors (Lipinski definition) is 1. The van der Waals surface area contributed by atoms with E-state index < -0.39 is 11.6 Å². The van der Waals surface area contributed by atoms with Crippen molar-refractivity contribution in [1.82, 2.24) is 0 Å². The van der Waals surface area contributed by atoms with Crippen molar-refractivity contribution < 1.29 is 8.78 Å². The van der Waals surface area contributed by atoms with Gasteiger partial charge in [-0.3, -0.25) is 0 Å². The minimum atomic E-state index is -0.542. The summed E-state index contributed by atoms with van der Waals surface area (Å²) in [5, 5.41) is 0. The van der Waals surface area contributed by atoms with Crippen molar-refractivity contribution in [2.75, 3.05) is 0 Å². The van der Waals surface area contributed by atoms with Crippen LogP contribution in [0.25, 0.3) is 0 Å². The maximum Gasteiger partial charge on any atom is 0.126 e. The average molecular weight is 239 g/mol. The van der Waals surface area contributed by atoms with Gasteiger partial charge in [0.1, 0.15) is 11.6 Å². The molecule has 17 heavy (non-hydrogen) atoms. The van der Waals surface area contributed by atoms with Crippen LogP contribution in [0.15, 0.2) is 18.2 Å². The molecular weight excluding hydrogens is 220 g/mol. The highest BCUT2D eigenvalue weighted by Gasteiger charge is 2.25. The third-order valence-corrected chi connectivity index (χ3v) is 3.75. The number of nitrogens with two attached hydrogens (primary N) is 1. The molecule has 0 aromatic heterocycles. The molecule has 1 aromatic rings. The summed E-state index contributed by atoms with van der Waals surface area (Å²) in [6.07, 6.45) is 4.51. The van der Waals surface area contributed by atoms with Gasteiger partial charge in [-0.2, -0.15) is 0 Å². The number of hydrogen-bond donors (Lipinski definition) is 1. The lowest BCUT2D eigenvalue weighted by molar-refractivity contribution is 0.247. The average Bonchev–Trinajstić information content (AvgIpc) is 2.26. The fourth-order valence-corrected chi connectivity index (χ4v) is 2.85. The van der Waals surface area contributed by atoms with E-state index in [2.05, 4.69) is 6.92 Å².